The van der Waals surface area contributed by atoms with E-state index >= 15 is 0 Å². The van der Waals surface area contributed by atoms with Gasteiger partial charge in [0.15, 0.2) is 6.29 Å². The standard InChI is InChI=1S/C28H46N2O23/c1-8(35)29-15-9(36)3-28(26(47)48,53-23-18(41)12(5-32)49-24(44)20(23)43)52-22(15)19(42)13(6-33)50-27(25(45)46)2-10(37)16(30-14(39)7-34)21(51-27)17(40)11(38)4-31/h9-13,15-24,31-34,36-38,40-44H,2-7H2,1H3,(H,29,35)(H,30,39)(H,45,46)(H,47,48)/t9-,10-,11?,12+,13?,15+,16+,17?,18-,19?,20+,21+,22?,23-,24+,27+,28-/m0/s1. The first-order valence-electron chi connectivity index (χ1n) is 16.0. The molecule has 0 radical (unpaired) electrons. The lowest BCUT2D eigenvalue weighted by Gasteiger charge is -2.50. The fraction of sp³-hybridized carbons (Fsp3) is 0.857. The second kappa shape index (κ2) is 18.2. The molecular formula is C28H46N2O23. The Labute approximate surface area is 298 Å². The van der Waals surface area contributed by atoms with Crippen LogP contribution >= 0.6 is 0 Å². The third kappa shape index (κ3) is 9.54. The molecule has 3 rings (SSSR count). The van der Waals surface area contributed by atoms with Crippen molar-refractivity contribution in [3.63, 3.8) is 0 Å². The molecule has 0 aliphatic carbocycles. The average Bonchev–Trinajstić information content (AvgIpc) is 3.11. The highest BCUT2D eigenvalue weighted by atomic mass is 16.8. The first kappa shape index (κ1) is 44.6. The van der Waals surface area contributed by atoms with Crippen LogP contribution in [0.15, 0.2) is 0 Å². The van der Waals surface area contributed by atoms with Crippen molar-refractivity contribution < 1.29 is 114 Å². The smallest absolute Gasteiger partial charge is 0.364 e. The average molecular weight is 779 g/mol. The van der Waals surface area contributed by atoms with Crippen LogP contribution in [0.1, 0.15) is 19.8 Å². The number of carboxylic acid groups (broad SMARTS) is 2. The number of rotatable bonds is 16. The van der Waals surface area contributed by atoms with E-state index in [4.69, 9.17) is 28.8 Å². The molecule has 0 saturated carbocycles. The number of carbonyl (C=O) groups is 4. The van der Waals surface area contributed by atoms with Crippen molar-refractivity contribution in [3.8, 4) is 0 Å². The Hall–Kier alpha value is -2.80. The van der Waals surface area contributed by atoms with Crippen LogP contribution < -0.4 is 10.6 Å². The summed E-state index contributed by atoms with van der Waals surface area (Å²) in [7, 11) is 0. The minimum atomic E-state index is -3.22. The molecule has 3 heterocycles. The first-order valence-corrected chi connectivity index (χ1v) is 16.0. The third-order valence-electron chi connectivity index (χ3n) is 8.96. The topological polar surface area (TPSA) is 422 Å². The number of aliphatic carboxylic acids is 2. The zero-order valence-corrected chi connectivity index (χ0v) is 27.8. The van der Waals surface area contributed by atoms with Crippen LogP contribution in [0.3, 0.4) is 0 Å². The number of amides is 2. The van der Waals surface area contributed by atoms with Gasteiger partial charge in [-0.25, -0.2) is 9.59 Å². The molecule has 0 aromatic rings. The van der Waals surface area contributed by atoms with Crippen molar-refractivity contribution in [2.24, 2.45) is 0 Å². The van der Waals surface area contributed by atoms with Gasteiger partial charge in [-0.1, -0.05) is 0 Å². The molecule has 16 N–H and O–H groups in total. The van der Waals surface area contributed by atoms with Gasteiger partial charge in [0.05, 0.1) is 44.1 Å². The van der Waals surface area contributed by atoms with Gasteiger partial charge in [-0.3, -0.25) is 9.59 Å². The predicted molar refractivity (Wildman–Crippen MR) is 160 cm³/mol. The van der Waals surface area contributed by atoms with E-state index in [2.05, 4.69) is 5.32 Å². The molecule has 53 heavy (non-hydrogen) atoms. The van der Waals surface area contributed by atoms with Gasteiger partial charge in [-0.05, 0) is 0 Å². The zero-order valence-electron chi connectivity index (χ0n) is 27.8. The summed E-state index contributed by atoms with van der Waals surface area (Å²) in [6.07, 6.45) is -30.3. The lowest BCUT2D eigenvalue weighted by Crippen LogP contribution is -2.71. The zero-order chi connectivity index (χ0) is 40.2. The SMILES string of the molecule is CC(=O)N[C@H]1C(C(O)C(CO)O[C@]2(C(=O)O)C[C@H](O)[C@@H](NC(=O)CO)[C@H](C(O)C(O)CO)O2)O[C@@](O[C@@H]2[C@@H](O)[C@H](O)O[C@H](CO)[C@@H]2O)(C(=O)O)C[C@@H]1O. The van der Waals surface area contributed by atoms with Crippen molar-refractivity contribution in [2.75, 3.05) is 26.4 Å². The summed E-state index contributed by atoms with van der Waals surface area (Å²) < 4.78 is 26.8. The van der Waals surface area contributed by atoms with Crippen LogP contribution in [0.25, 0.3) is 0 Å². The lowest BCUT2D eigenvalue weighted by atomic mass is 9.87. The van der Waals surface area contributed by atoms with Crippen LogP contribution in [-0.4, -0.2) is 225 Å². The Balaban J connectivity index is 2.05. The molecule has 17 atom stereocenters. The fourth-order valence-corrected chi connectivity index (χ4v) is 6.26. The van der Waals surface area contributed by atoms with E-state index in [1.54, 1.807) is 0 Å². The molecule has 3 aliphatic rings. The van der Waals surface area contributed by atoms with Gasteiger partial charge in [0.1, 0.15) is 67.6 Å². The Morgan fingerprint density at radius 3 is 1.79 bits per heavy atom. The van der Waals surface area contributed by atoms with Crippen molar-refractivity contribution in [1.29, 1.82) is 0 Å². The quantitative estimate of drug-likeness (QED) is 0.0691. The highest BCUT2D eigenvalue weighted by molar-refractivity contribution is 5.78. The summed E-state index contributed by atoms with van der Waals surface area (Å²) in [6, 6.07) is -3.60. The van der Waals surface area contributed by atoms with E-state index in [1.807, 2.05) is 5.32 Å². The van der Waals surface area contributed by atoms with Crippen molar-refractivity contribution in [1.82, 2.24) is 10.6 Å². The molecule has 3 fully saturated rings. The monoisotopic (exact) mass is 778 g/mol. The molecule has 0 bridgehead atoms. The molecule has 2 amide bonds. The van der Waals surface area contributed by atoms with E-state index in [1.165, 1.54) is 0 Å². The van der Waals surface area contributed by atoms with Crippen molar-refractivity contribution in [2.45, 2.75) is 123 Å². The van der Waals surface area contributed by atoms with Gasteiger partial charge in [0, 0.05) is 19.8 Å². The highest BCUT2D eigenvalue weighted by Gasteiger charge is 2.61. The minimum Gasteiger partial charge on any atom is -0.477 e. The molecule has 0 aromatic heterocycles. The maximum atomic E-state index is 12.7. The third-order valence-corrected chi connectivity index (χ3v) is 8.96. The summed E-state index contributed by atoms with van der Waals surface area (Å²) >= 11 is 0. The summed E-state index contributed by atoms with van der Waals surface area (Å²) in [5.74, 6) is -12.7. The van der Waals surface area contributed by atoms with Gasteiger partial charge in [0.2, 0.25) is 11.8 Å². The molecular weight excluding hydrogens is 732 g/mol. The van der Waals surface area contributed by atoms with Gasteiger partial charge in [-0.15, -0.1) is 0 Å². The normalized spacial score (nSPS) is 40.0. The number of ether oxygens (including phenoxy) is 5. The second-order valence-corrected chi connectivity index (χ2v) is 12.7. The molecule has 3 aliphatic heterocycles. The Morgan fingerprint density at radius 2 is 1.30 bits per heavy atom. The first-order chi connectivity index (χ1) is 24.7. The molecule has 0 spiro atoms. The molecule has 25 heteroatoms. The number of hydrogen-bond donors (Lipinski definition) is 16. The fourth-order valence-electron chi connectivity index (χ4n) is 6.26. The minimum absolute atomic E-state index is 0.903. The Kier molecular flexibility index (Phi) is 15.3. The predicted octanol–water partition coefficient (Wildman–Crippen LogP) is -9.90. The maximum absolute atomic E-state index is 12.7. The van der Waals surface area contributed by atoms with Crippen LogP contribution in [0, 0.1) is 0 Å². The van der Waals surface area contributed by atoms with Crippen LogP contribution in [0.5, 0.6) is 0 Å². The van der Waals surface area contributed by atoms with Crippen LogP contribution in [-0.2, 0) is 42.9 Å². The van der Waals surface area contributed by atoms with E-state index in [9.17, 15) is 85.6 Å². The Morgan fingerprint density at radius 1 is 0.774 bits per heavy atom. The van der Waals surface area contributed by atoms with E-state index in [0.717, 1.165) is 6.92 Å². The molecule has 5 unspecified atom stereocenters. The van der Waals surface area contributed by atoms with Gasteiger partial charge >= 0.3 is 11.9 Å². The number of hydrogen-bond acceptors (Lipinski definition) is 21. The van der Waals surface area contributed by atoms with E-state index in [-0.39, 0.29) is 0 Å². The molecule has 306 valence electrons. The van der Waals surface area contributed by atoms with E-state index < -0.39 is 166 Å². The highest BCUT2D eigenvalue weighted by Crippen LogP contribution is 2.39. The number of aliphatic hydroxyl groups is 12. The Bertz CT molecular complexity index is 1280. The van der Waals surface area contributed by atoms with Crippen molar-refractivity contribution in [3.05, 3.63) is 0 Å². The lowest BCUT2D eigenvalue weighted by molar-refractivity contribution is -0.371. The molecule has 25 nitrogen and oxygen atoms in total. The van der Waals surface area contributed by atoms with Gasteiger partial charge in [-0.2, -0.15) is 0 Å². The molecule has 3 saturated heterocycles. The summed E-state index contributed by atoms with van der Waals surface area (Å²) in [5.41, 5.74) is 0. The van der Waals surface area contributed by atoms with Gasteiger partial charge in [0.25, 0.3) is 11.6 Å². The van der Waals surface area contributed by atoms with Crippen molar-refractivity contribution >= 4 is 23.8 Å². The van der Waals surface area contributed by atoms with Crippen LogP contribution in [0.4, 0.5) is 0 Å². The maximum Gasteiger partial charge on any atom is 0.364 e. The summed E-state index contributed by atoms with van der Waals surface area (Å²) in [5, 5.41) is 149. The number of carboxylic acids is 2. The molecule has 0 aromatic carbocycles. The van der Waals surface area contributed by atoms with E-state index in [0.29, 0.717) is 0 Å². The largest absolute Gasteiger partial charge is 0.477 e. The number of carbonyl (C=O) groups excluding carboxylic acids is 2. The summed E-state index contributed by atoms with van der Waals surface area (Å²) in [6.45, 7) is -3.75. The second-order valence-electron chi connectivity index (χ2n) is 12.7. The van der Waals surface area contributed by atoms with Crippen LogP contribution in [0.2, 0.25) is 0 Å². The number of nitrogens with one attached hydrogen (secondary N) is 2. The summed E-state index contributed by atoms with van der Waals surface area (Å²) in [4.78, 5) is 49.5. The number of aliphatic hydroxyl groups excluding tert-OH is 12. The van der Waals surface area contributed by atoms with Gasteiger partial charge < -0.3 is 106 Å².